The van der Waals surface area contributed by atoms with Gasteiger partial charge in [-0.1, -0.05) is 17.7 Å². The van der Waals surface area contributed by atoms with Gasteiger partial charge in [-0.2, -0.15) is 4.98 Å². The smallest absolute Gasteiger partial charge is 0.245 e. The highest BCUT2D eigenvalue weighted by Gasteiger charge is 2.22. The van der Waals surface area contributed by atoms with Crippen molar-refractivity contribution in [2.75, 3.05) is 25.0 Å². The van der Waals surface area contributed by atoms with E-state index < -0.39 is 5.82 Å². The molecule has 0 unspecified atom stereocenters. The lowest BCUT2D eigenvalue weighted by Gasteiger charge is -2.30. The molecule has 5 nitrogen and oxygen atoms in total. The largest absolute Gasteiger partial charge is 0.339 e. The van der Waals surface area contributed by atoms with Crippen LogP contribution >= 0.6 is 11.6 Å². The average molecular weight is 310 g/mol. The third-order valence-corrected chi connectivity index (χ3v) is 4.17. The van der Waals surface area contributed by atoms with Crippen LogP contribution < -0.4 is 10.2 Å². The molecule has 0 atom stereocenters. The fraction of sp³-hybridized carbons (Fsp3) is 0.429. The predicted octanol–water partition coefficient (Wildman–Crippen LogP) is 2.45. The van der Waals surface area contributed by atoms with E-state index in [2.05, 4.69) is 25.4 Å². The molecular formula is C14H17ClFN5. The number of benzene rings is 1. The molecule has 0 bridgehead atoms. The van der Waals surface area contributed by atoms with Crippen LogP contribution in [0.1, 0.15) is 12.8 Å². The van der Waals surface area contributed by atoms with E-state index >= 15 is 0 Å². The average Bonchev–Trinajstić information content (AvgIpc) is 2.97. The summed E-state index contributed by atoms with van der Waals surface area (Å²) < 4.78 is 13.9. The summed E-state index contributed by atoms with van der Waals surface area (Å²) in [5, 5.41) is 10.6. The summed E-state index contributed by atoms with van der Waals surface area (Å²) in [5.74, 6) is 0.557. The number of anilines is 1. The summed E-state index contributed by atoms with van der Waals surface area (Å²) in [4.78, 5) is 6.49. The Balaban J connectivity index is 1.81. The first-order valence-electron chi connectivity index (χ1n) is 6.98. The van der Waals surface area contributed by atoms with Gasteiger partial charge in [-0.05, 0) is 32.0 Å². The lowest BCUT2D eigenvalue weighted by atomic mass is 10.1. The number of aromatic amines is 1. The molecule has 21 heavy (non-hydrogen) atoms. The zero-order chi connectivity index (χ0) is 14.8. The van der Waals surface area contributed by atoms with Gasteiger partial charge < -0.3 is 10.2 Å². The highest BCUT2D eigenvalue weighted by molar-refractivity contribution is 6.33. The minimum Gasteiger partial charge on any atom is -0.339 e. The van der Waals surface area contributed by atoms with Gasteiger partial charge in [0.25, 0.3) is 0 Å². The number of nitrogens with one attached hydrogen (secondary N) is 2. The zero-order valence-electron chi connectivity index (χ0n) is 11.7. The zero-order valence-corrected chi connectivity index (χ0v) is 12.5. The molecule has 0 spiro atoms. The second-order valence-electron chi connectivity index (χ2n) is 5.13. The molecular weight excluding hydrogens is 293 g/mol. The van der Waals surface area contributed by atoms with Crippen LogP contribution in [0, 0.1) is 5.82 Å². The van der Waals surface area contributed by atoms with E-state index in [1.54, 1.807) is 12.1 Å². The minimum atomic E-state index is -0.404. The van der Waals surface area contributed by atoms with Crippen molar-refractivity contribution in [3.8, 4) is 11.4 Å². The third-order valence-electron chi connectivity index (χ3n) is 3.86. The Labute approximate surface area is 127 Å². The molecule has 0 aliphatic carbocycles. The Morgan fingerprint density at radius 1 is 1.38 bits per heavy atom. The molecule has 0 radical (unpaired) electrons. The second kappa shape index (κ2) is 5.99. The number of H-pyrrole nitrogens is 1. The summed E-state index contributed by atoms with van der Waals surface area (Å²) in [6.45, 7) is 1.77. The van der Waals surface area contributed by atoms with E-state index in [1.807, 2.05) is 7.05 Å². The van der Waals surface area contributed by atoms with Crippen LogP contribution in [0.4, 0.5) is 10.3 Å². The number of aromatic nitrogens is 3. The van der Waals surface area contributed by atoms with Crippen molar-refractivity contribution in [1.82, 2.24) is 20.5 Å². The summed E-state index contributed by atoms with van der Waals surface area (Å²) >= 11 is 6.05. The Morgan fingerprint density at radius 3 is 2.81 bits per heavy atom. The van der Waals surface area contributed by atoms with E-state index in [9.17, 15) is 4.39 Å². The van der Waals surface area contributed by atoms with Gasteiger partial charge in [0, 0.05) is 19.1 Å². The van der Waals surface area contributed by atoms with E-state index in [-0.39, 0.29) is 5.56 Å². The van der Waals surface area contributed by atoms with Crippen LogP contribution in [0.2, 0.25) is 5.02 Å². The van der Waals surface area contributed by atoms with Crippen LogP contribution in [0.25, 0.3) is 11.4 Å². The molecule has 1 aliphatic heterocycles. The summed E-state index contributed by atoms with van der Waals surface area (Å²) in [5.41, 5.74) is 0.267. The Bertz CT molecular complexity index is 601. The van der Waals surface area contributed by atoms with Crippen LogP contribution in [-0.2, 0) is 0 Å². The summed E-state index contributed by atoms with van der Waals surface area (Å²) in [7, 11) is 1.98. The molecule has 112 valence electrons. The maximum Gasteiger partial charge on any atom is 0.245 e. The quantitative estimate of drug-likeness (QED) is 0.914. The van der Waals surface area contributed by atoms with Gasteiger partial charge in [-0.3, -0.25) is 5.10 Å². The molecule has 2 heterocycles. The molecule has 2 N–H and O–H groups in total. The van der Waals surface area contributed by atoms with Crippen molar-refractivity contribution >= 4 is 17.5 Å². The van der Waals surface area contributed by atoms with Gasteiger partial charge in [0.15, 0.2) is 5.82 Å². The SMILES string of the molecule is CNC1CCN(c2n[nH]c(-c3c(F)cccc3Cl)n2)CC1. The molecule has 1 aromatic carbocycles. The maximum absolute atomic E-state index is 13.9. The lowest BCUT2D eigenvalue weighted by Crippen LogP contribution is -2.41. The normalized spacial score (nSPS) is 16.4. The second-order valence-corrected chi connectivity index (χ2v) is 5.54. The molecule has 7 heteroatoms. The molecule has 1 fully saturated rings. The topological polar surface area (TPSA) is 56.8 Å². The fourth-order valence-electron chi connectivity index (χ4n) is 2.60. The number of halogens is 2. The number of piperidine rings is 1. The lowest BCUT2D eigenvalue weighted by molar-refractivity contribution is 0.439. The van der Waals surface area contributed by atoms with Gasteiger partial charge in [-0.15, -0.1) is 5.10 Å². The van der Waals surface area contributed by atoms with E-state index in [0.29, 0.717) is 22.8 Å². The van der Waals surface area contributed by atoms with Crippen molar-refractivity contribution in [3.05, 3.63) is 29.0 Å². The van der Waals surface area contributed by atoms with Crippen molar-refractivity contribution in [2.24, 2.45) is 0 Å². The minimum absolute atomic E-state index is 0.267. The van der Waals surface area contributed by atoms with Gasteiger partial charge in [0.2, 0.25) is 5.95 Å². The number of nitrogens with zero attached hydrogens (tertiary/aromatic N) is 3. The molecule has 0 saturated carbocycles. The number of rotatable bonds is 3. The molecule has 1 aromatic heterocycles. The van der Waals surface area contributed by atoms with Gasteiger partial charge in [-0.25, -0.2) is 4.39 Å². The van der Waals surface area contributed by atoms with Gasteiger partial charge >= 0.3 is 0 Å². The van der Waals surface area contributed by atoms with Crippen molar-refractivity contribution in [1.29, 1.82) is 0 Å². The first-order chi connectivity index (χ1) is 10.2. The number of hydrogen-bond acceptors (Lipinski definition) is 4. The third kappa shape index (κ3) is 2.87. The first-order valence-corrected chi connectivity index (χ1v) is 7.36. The van der Waals surface area contributed by atoms with E-state index in [4.69, 9.17) is 11.6 Å². The maximum atomic E-state index is 13.9. The first kappa shape index (κ1) is 14.3. The van der Waals surface area contributed by atoms with Crippen molar-refractivity contribution in [2.45, 2.75) is 18.9 Å². The molecule has 3 rings (SSSR count). The van der Waals surface area contributed by atoms with E-state index in [0.717, 1.165) is 25.9 Å². The van der Waals surface area contributed by atoms with Crippen LogP contribution in [-0.4, -0.2) is 41.4 Å². The molecule has 2 aromatic rings. The Hall–Kier alpha value is -1.66. The molecule has 1 aliphatic rings. The predicted molar refractivity (Wildman–Crippen MR) is 81.1 cm³/mol. The van der Waals surface area contributed by atoms with Gasteiger partial charge in [0.05, 0.1) is 10.6 Å². The van der Waals surface area contributed by atoms with Crippen molar-refractivity contribution in [3.63, 3.8) is 0 Å². The van der Waals surface area contributed by atoms with Crippen LogP contribution in [0.3, 0.4) is 0 Å². The standard InChI is InChI=1S/C14H17ClFN5/c1-17-9-5-7-21(8-6-9)14-18-13(19-20-14)12-10(15)3-2-4-11(12)16/h2-4,9,17H,5-8H2,1H3,(H,18,19,20). The molecule has 0 amide bonds. The number of hydrogen-bond donors (Lipinski definition) is 2. The fourth-order valence-corrected chi connectivity index (χ4v) is 2.85. The van der Waals surface area contributed by atoms with Gasteiger partial charge in [0.1, 0.15) is 5.82 Å². The Kier molecular flexibility index (Phi) is 4.07. The summed E-state index contributed by atoms with van der Waals surface area (Å²) in [6, 6.07) is 5.12. The monoisotopic (exact) mass is 309 g/mol. The Morgan fingerprint density at radius 2 is 2.14 bits per heavy atom. The highest BCUT2D eigenvalue weighted by atomic mass is 35.5. The van der Waals surface area contributed by atoms with Crippen LogP contribution in [0.5, 0.6) is 0 Å². The molecule has 1 saturated heterocycles. The van der Waals surface area contributed by atoms with Crippen molar-refractivity contribution < 1.29 is 4.39 Å². The summed E-state index contributed by atoms with van der Waals surface area (Å²) in [6.07, 6.45) is 2.08. The highest BCUT2D eigenvalue weighted by Crippen LogP contribution is 2.29. The van der Waals surface area contributed by atoms with E-state index in [1.165, 1.54) is 6.07 Å². The van der Waals surface area contributed by atoms with Crippen LogP contribution in [0.15, 0.2) is 18.2 Å².